The van der Waals surface area contributed by atoms with Gasteiger partial charge in [0.15, 0.2) is 0 Å². The van der Waals surface area contributed by atoms with E-state index in [9.17, 15) is 19.1 Å². The lowest BCUT2D eigenvalue weighted by Crippen LogP contribution is -2.29. The summed E-state index contributed by atoms with van der Waals surface area (Å²) in [7, 11) is 0. The van der Waals surface area contributed by atoms with Crippen LogP contribution < -0.4 is 14.4 Å². The highest BCUT2D eigenvalue weighted by Gasteiger charge is 2.47. The molecule has 40 heavy (non-hydrogen) atoms. The molecule has 0 saturated carbocycles. The maximum absolute atomic E-state index is 14.3. The van der Waals surface area contributed by atoms with E-state index in [0.717, 1.165) is 12.0 Å². The van der Waals surface area contributed by atoms with Crippen molar-refractivity contribution in [1.82, 2.24) is 0 Å². The third-order valence-corrected chi connectivity index (χ3v) is 6.59. The standard InChI is InChI=1S/C33H28FNO5/c1-3-17-39-28-16-15-23(18-21(28)2)31(36)29-30(35(33(38)32(29)37)25-11-8-10-24(34)20-25)22-9-7-14-27(19-22)40-26-12-5-4-6-13-26/h4-16,18-20,30,36H,3,17H2,1-2H3/b31-29+. The van der Waals surface area contributed by atoms with Crippen molar-refractivity contribution in [2.45, 2.75) is 26.3 Å². The van der Waals surface area contributed by atoms with Crippen molar-refractivity contribution in [2.75, 3.05) is 11.5 Å². The van der Waals surface area contributed by atoms with Gasteiger partial charge in [0.1, 0.15) is 28.8 Å². The predicted octanol–water partition coefficient (Wildman–Crippen LogP) is 7.34. The fourth-order valence-corrected chi connectivity index (χ4v) is 4.74. The average Bonchev–Trinajstić information content (AvgIpc) is 3.22. The number of carbonyl (C=O) groups is 2. The second-order valence-electron chi connectivity index (χ2n) is 9.47. The van der Waals surface area contributed by atoms with Crippen LogP contribution in [0.4, 0.5) is 10.1 Å². The molecule has 1 saturated heterocycles. The number of aliphatic hydroxyl groups excluding tert-OH is 1. The summed E-state index contributed by atoms with van der Waals surface area (Å²) in [5.41, 5.74) is 1.73. The molecule has 0 radical (unpaired) electrons. The predicted molar refractivity (Wildman–Crippen MR) is 151 cm³/mol. The molecule has 0 bridgehead atoms. The lowest BCUT2D eigenvalue weighted by molar-refractivity contribution is -0.132. The highest BCUT2D eigenvalue weighted by Crippen LogP contribution is 2.43. The Kier molecular flexibility index (Phi) is 7.64. The van der Waals surface area contributed by atoms with Gasteiger partial charge in [-0.3, -0.25) is 14.5 Å². The first-order valence-corrected chi connectivity index (χ1v) is 13.0. The van der Waals surface area contributed by atoms with E-state index >= 15 is 0 Å². The van der Waals surface area contributed by atoms with Crippen molar-refractivity contribution >= 4 is 23.1 Å². The third-order valence-electron chi connectivity index (χ3n) is 6.59. The van der Waals surface area contributed by atoms with Crippen LogP contribution in [0.25, 0.3) is 5.76 Å². The van der Waals surface area contributed by atoms with Crippen LogP contribution in [0.15, 0.2) is 103 Å². The van der Waals surface area contributed by atoms with Gasteiger partial charge in [-0.25, -0.2) is 4.39 Å². The molecule has 1 heterocycles. The SMILES string of the molecule is CCCOc1ccc(/C(O)=C2\C(=O)C(=O)N(c3cccc(F)c3)C2c2cccc(Oc3ccccc3)c2)cc1C. The van der Waals surface area contributed by atoms with Crippen molar-refractivity contribution < 1.29 is 28.6 Å². The van der Waals surface area contributed by atoms with Gasteiger partial charge in [-0.15, -0.1) is 0 Å². The monoisotopic (exact) mass is 537 g/mol. The van der Waals surface area contributed by atoms with Crippen molar-refractivity contribution in [3.8, 4) is 17.2 Å². The first kappa shape index (κ1) is 26.7. The number of nitrogens with zero attached hydrogens (tertiary/aromatic N) is 1. The van der Waals surface area contributed by atoms with E-state index in [1.54, 1.807) is 48.5 Å². The van der Waals surface area contributed by atoms with Crippen molar-refractivity contribution in [2.24, 2.45) is 0 Å². The van der Waals surface area contributed by atoms with E-state index in [2.05, 4.69) is 0 Å². The molecule has 1 aliphatic rings. The number of anilines is 1. The number of benzene rings is 4. The summed E-state index contributed by atoms with van der Waals surface area (Å²) in [6.45, 7) is 4.40. The quantitative estimate of drug-likeness (QED) is 0.145. The van der Waals surface area contributed by atoms with Crippen LogP contribution in [0.3, 0.4) is 0 Å². The Labute approximate surface area is 231 Å². The van der Waals surface area contributed by atoms with Crippen molar-refractivity contribution in [1.29, 1.82) is 0 Å². The van der Waals surface area contributed by atoms with Crippen LogP contribution in [-0.4, -0.2) is 23.4 Å². The van der Waals surface area contributed by atoms with Crippen LogP contribution in [-0.2, 0) is 9.59 Å². The highest BCUT2D eigenvalue weighted by molar-refractivity contribution is 6.51. The number of hydrogen-bond donors (Lipinski definition) is 1. The molecule has 1 unspecified atom stereocenters. The molecular formula is C33H28FNO5. The minimum atomic E-state index is -1.03. The Balaban J connectivity index is 1.64. The zero-order valence-corrected chi connectivity index (χ0v) is 22.1. The Morgan fingerprint density at radius 1 is 0.900 bits per heavy atom. The summed E-state index contributed by atoms with van der Waals surface area (Å²) in [6, 6.07) is 25.6. The number of para-hydroxylation sites is 1. The van der Waals surface area contributed by atoms with E-state index < -0.39 is 23.5 Å². The summed E-state index contributed by atoms with van der Waals surface area (Å²) in [5.74, 6) is -0.877. The number of aryl methyl sites for hydroxylation is 1. The molecule has 4 aromatic carbocycles. The summed E-state index contributed by atoms with van der Waals surface area (Å²) in [6.07, 6.45) is 0.845. The van der Waals surface area contributed by atoms with Crippen LogP contribution in [0.2, 0.25) is 0 Å². The van der Waals surface area contributed by atoms with Crippen LogP contribution in [0, 0.1) is 12.7 Å². The number of halogens is 1. The third kappa shape index (κ3) is 5.31. The number of hydrogen-bond acceptors (Lipinski definition) is 5. The topological polar surface area (TPSA) is 76.1 Å². The van der Waals surface area contributed by atoms with E-state index in [1.165, 1.54) is 23.1 Å². The zero-order valence-electron chi connectivity index (χ0n) is 22.1. The molecule has 6 nitrogen and oxygen atoms in total. The Morgan fingerprint density at radius 2 is 1.65 bits per heavy atom. The van der Waals surface area contributed by atoms with Gasteiger partial charge in [0.2, 0.25) is 0 Å². The number of amides is 1. The van der Waals surface area contributed by atoms with Crippen molar-refractivity contribution in [3.63, 3.8) is 0 Å². The second-order valence-corrected chi connectivity index (χ2v) is 9.47. The summed E-state index contributed by atoms with van der Waals surface area (Å²) in [4.78, 5) is 28.1. The lowest BCUT2D eigenvalue weighted by Gasteiger charge is -2.26. The van der Waals surface area contributed by atoms with E-state index in [1.807, 2.05) is 44.2 Å². The maximum atomic E-state index is 14.3. The Bertz CT molecular complexity index is 1600. The molecule has 4 aromatic rings. The van der Waals surface area contributed by atoms with Crippen LogP contribution in [0.1, 0.15) is 36.1 Å². The van der Waals surface area contributed by atoms with Gasteiger partial charge >= 0.3 is 0 Å². The maximum Gasteiger partial charge on any atom is 0.300 e. The fourth-order valence-electron chi connectivity index (χ4n) is 4.74. The molecule has 0 aromatic heterocycles. The molecule has 1 fully saturated rings. The number of ether oxygens (including phenoxy) is 2. The van der Waals surface area contributed by atoms with Gasteiger partial charge in [0.25, 0.3) is 11.7 Å². The zero-order chi connectivity index (χ0) is 28.2. The normalized spacial score (nSPS) is 16.3. The van der Waals surface area contributed by atoms with Gasteiger partial charge in [0, 0.05) is 11.3 Å². The van der Waals surface area contributed by atoms with E-state index in [4.69, 9.17) is 9.47 Å². The van der Waals surface area contributed by atoms with Gasteiger partial charge in [-0.2, -0.15) is 0 Å². The minimum absolute atomic E-state index is 0.104. The Morgan fingerprint density at radius 3 is 2.38 bits per heavy atom. The van der Waals surface area contributed by atoms with Gasteiger partial charge < -0.3 is 14.6 Å². The number of carbonyl (C=O) groups excluding carboxylic acids is 2. The minimum Gasteiger partial charge on any atom is -0.507 e. The molecule has 1 atom stereocenters. The molecule has 0 spiro atoms. The molecular weight excluding hydrogens is 509 g/mol. The van der Waals surface area contributed by atoms with Crippen LogP contribution in [0.5, 0.6) is 17.2 Å². The molecule has 1 N–H and O–H groups in total. The first-order valence-electron chi connectivity index (χ1n) is 13.0. The molecule has 5 rings (SSSR count). The highest BCUT2D eigenvalue weighted by atomic mass is 19.1. The molecule has 202 valence electrons. The van der Waals surface area contributed by atoms with Crippen molar-refractivity contribution in [3.05, 3.63) is 125 Å². The van der Waals surface area contributed by atoms with Gasteiger partial charge in [0.05, 0.1) is 18.2 Å². The lowest BCUT2D eigenvalue weighted by atomic mass is 9.94. The Hall–Kier alpha value is -4.91. The van der Waals surface area contributed by atoms with Gasteiger partial charge in [-0.05, 0) is 85.1 Å². The number of rotatable bonds is 8. The summed E-state index contributed by atoms with van der Waals surface area (Å²) < 4.78 is 26.0. The number of Topliss-reactive ketones (excluding diaryl/α,β-unsaturated/α-hetero) is 1. The molecule has 0 aliphatic carbocycles. The average molecular weight is 538 g/mol. The fraction of sp³-hybridized carbons (Fsp3) is 0.152. The number of ketones is 1. The number of aliphatic hydroxyl groups is 1. The second kappa shape index (κ2) is 11.5. The largest absolute Gasteiger partial charge is 0.507 e. The molecule has 1 aliphatic heterocycles. The molecule has 1 amide bonds. The molecule has 7 heteroatoms. The van der Waals surface area contributed by atoms with E-state index in [-0.39, 0.29) is 17.0 Å². The first-order chi connectivity index (χ1) is 19.4. The summed E-state index contributed by atoms with van der Waals surface area (Å²) in [5, 5.41) is 11.5. The smallest absolute Gasteiger partial charge is 0.300 e. The van der Waals surface area contributed by atoms with Gasteiger partial charge in [-0.1, -0.05) is 43.3 Å². The summed E-state index contributed by atoms with van der Waals surface area (Å²) >= 11 is 0. The van der Waals surface area contributed by atoms with Crippen LogP contribution >= 0.6 is 0 Å². The van der Waals surface area contributed by atoms with E-state index in [0.29, 0.717) is 35.0 Å².